The minimum absolute atomic E-state index is 0.236. The molecule has 0 aromatic rings. The fourth-order valence-electron chi connectivity index (χ4n) is 5.01. The summed E-state index contributed by atoms with van der Waals surface area (Å²) < 4.78 is 0. The van der Waals surface area contributed by atoms with E-state index in [2.05, 4.69) is 46.2 Å². The summed E-state index contributed by atoms with van der Waals surface area (Å²) in [5.41, 5.74) is 7.23. The molecule has 2 aliphatic rings. The van der Waals surface area contributed by atoms with Gasteiger partial charge < -0.3 is 5.32 Å². The van der Waals surface area contributed by atoms with Crippen LogP contribution in [0.1, 0.15) is 98.3 Å². The fourth-order valence-corrected chi connectivity index (χ4v) is 5.01. The summed E-state index contributed by atoms with van der Waals surface area (Å²) in [7, 11) is 1.98. The summed E-state index contributed by atoms with van der Waals surface area (Å²) in [4.78, 5) is 4.83. The molecule has 1 fully saturated rings. The van der Waals surface area contributed by atoms with Gasteiger partial charge in [-0.25, -0.2) is 0 Å². The summed E-state index contributed by atoms with van der Waals surface area (Å²) >= 11 is 0. The van der Waals surface area contributed by atoms with Crippen LogP contribution in [0.25, 0.3) is 0 Å². The van der Waals surface area contributed by atoms with Gasteiger partial charge in [-0.1, -0.05) is 65.2 Å². The van der Waals surface area contributed by atoms with Gasteiger partial charge in [0, 0.05) is 25.0 Å². The van der Waals surface area contributed by atoms with E-state index in [1.807, 2.05) is 7.05 Å². The molecule has 2 nitrogen and oxygen atoms in total. The third kappa shape index (κ3) is 6.09. The lowest BCUT2D eigenvalue weighted by Gasteiger charge is -2.38. The zero-order chi connectivity index (χ0) is 20.8. The zero-order valence-electron chi connectivity index (χ0n) is 19.3. The van der Waals surface area contributed by atoms with Crippen LogP contribution in [0.15, 0.2) is 40.6 Å². The zero-order valence-corrected chi connectivity index (χ0v) is 19.3. The van der Waals surface area contributed by atoms with Crippen LogP contribution in [0.3, 0.4) is 0 Å². The Morgan fingerprint density at radius 2 is 1.86 bits per heavy atom. The molecule has 158 valence electrons. The molecule has 1 aliphatic carbocycles. The van der Waals surface area contributed by atoms with Crippen LogP contribution < -0.4 is 5.32 Å². The van der Waals surface area contributed by atoms with E-state index in [1.54, 1.807) is 0 Å². The van der Waals surface area contributed by atoms with Crippen molar-refractivity contribution in [1.29, 1.82) is 0 Å². The van der Waals surface area contributed by atoms with E-state index >= 15 is 0 Å². The van der Waals surface area contributed by atoms with Gasteiger partial charge in [0.2, 0.25) is 0 Å². The van der Waals surface area contributed by atoms with Crippen molar-refractivity contribution in [2.24, 2.45) is 15.8 Å². The van der Waals surface area contributed by atoms with E-state index in [-0.39, 0.29) is 5.41 Å². The first-order valence-electron chi connectivity index (χ1n) is 11.5. The minimum atomic E-state index is 0.236. The van der Waals surface area contributed by atoms with Gasteiger partial charge in [0.1, 0.15) is 0 Å². The molecule has 0 saturated heterocycles. The van der Waals surface area contributed by atoms with E-state index in [4.69, 9.17) is 4.99 Å². The normalized spacial score (nSPS) is 20.9. The summed E-state index contributed by atoms with van der Waals surface area (Å²) in [5.74, 6) is 0. The second-order valence-electron chi connectivity index (χ2n) is 10.2. The summed E-state index contributed by atoms with van der Waals surface area (Å²) in [6.45, 7) is 19.0. The van der Waals surface area contributed by atoms with E-state index in [9.17, 15) is 0 Å². The SMILES string of the molecule is C=C(CCC)CCC(C)(C)C/C(=N/C)C1=C(C)C(=C)NCC2(CCCCC2)C1. The maximum atomic E-state index is 4.83. The average Bonchev–Trinajstić information content (AvgIpc) is 2.78. The topological polar surface area (TPSA) is 24.4 Å². The Labute approximate surface area is 174 Å². The number of rotatable bonds is 8. The quantitative estimate of drug-likeness (QED) is 0.342. The van der Waals surface area contributed by atoms with Crippen molar-refractivity contribution in [3.8, 4) is 0 Å². The Hall–Kier alpha value is -1.31. The molecule has 2 rings (SSSR count). The second kappa shape index (κ2) is 9.94. The molecule has 0 atom stereocenters. The van der Waals surface area contributed by atoms with Gasteiger partial charge in [0.25, 0.3) is 0 Å². The van der Waals surface area contributed by atoms with Crippen molar-refractivity contribution < 1.29 is 0 Å². The maximum absolute atomic E-state index is 4.83. The van der Waals surface area contributed by atoms with E-state index in [1.165, 1.54) is 67.4 Å². The monoisotopic (exact) mass is 384 g/mol. The molecular weight excluding hydrogens is 340 g/mol. The average molecular weight is 385 g/mol. The maximum Gasteiger partial charge on any atom is 0.0385 e. The highest BCUT2D eigenvalue weighted by Gasteiger charge is 2.37. The number of nitrogens with zero attached hydrogens (tertiary/aromatic N) is 1. The smallest absolute Gasteiger partial charge is 0.0385 e. The molecule has 1 heterocycles. The summed E-state index contributed by atoms with van der Waals surface area (Å²) in [6.07, 6.45) is 13.7. The summed E-state index contributed by atoms with van der Waals surface area (Å²) in [5, 5.41) is 3.66. The number of nitrogens with one attached hydrogen (secondary N) is 1. The van der Waals surface area contributed by atoms with Crippen LogP contribution >= 0.6 is 0 Å². The largest absolute Gasteiger partial charge is 0.385 e. The molecule has 0 unspecified atom stereocenters. The van der Waals surface area contributed by atoms with Crippen LogP contribution in [0, 0.1) is 10.8 Å². The molecule has 0 radical (unpaired) electrons. The predicted octanol–water partition coefficient (Wildman–Crippen LogP) is 7.38. The molecule has 0 bridgehead atoms. The van der Waals surface area contributed by atoms with E-state index < -0.39 is 0 Å². The van der Waals surface area contributed by atoms with Crippen LogP contribution in [-0.4, -0.2) is 19.3 Å². The van der Waals surface area contributed by atoms with Crippen LogP contribution in [0.2, 0.25) is 0 Å². The molecule has 1 aliphatic heterocycles. The molecule has 28 heavy (non-hydrogen) atoms. The van der Waals surface area contributed by atoms with Gasteiger partial charge >= 0.3 is 0 Å². The standard InChI is InChI=1S/C26H44N2/c1-8-12-20(2)13-16-25(5,6)18-24(27-7)23-17-26(14-10-9-11-15-26)19-28-22(4)21(23)3/h28H,2,4,8-19H2,1,3,5-7H3/b27-24-. The van der Waals surface area contributed by atoms with E-state index in [0.29, 0.717) is 5.41 Å². The molecule has 0 amide bonds. The first-order chi connectivity index (χ1) is 13.2. The summed E-state index contributed by atoms with van der Waals surface area (Å²) in [6, 6.07) is 0. The number of aliphatic imine (C=N–C) groups is 1. The minimum Gasteiger partial charge on any atom is -0.385 e. The molecule has 0 aromatic heterocycles. The molecule has 2 heteroatoms. The highest BCUT2D eigenvalue weighted by atomic mass is 14.9. The Bertz CT molecular complexity index is 627. The molecular formula is C26H44N2. The van der Waals surface area contributed by atoms with Crippen molar-refractivity contribution in [2.75, 3.05) is 13.6 Å². The number of hydrogen-bond donors (Lipinski definition) is 1. The van der Waals surface area contributed by atoms with Gasteiger partial charge in [-0.15, -0.1) is 0 Å². The fraction of sp³-hybridized carbons (Fsp3) is 0.731. The third-order valence-corrected chi connectivity index (χ3v) is 7.07. The first-order valence-corrected chi connectivity index (χ1v) is 11.5. The third-order valence-electron chi connectivity index (χ3n) is 7.07. The lowest BCUT2D eigenvalue weighted by Crippen LogP contribution is -2.35. The number of hydrogen-bond acceptors (Lipinski definition) is 2. The Kier molecular flexibility index (Phi) is 8.16. The highest BCUT2D eigenvalue weighted by Crippen LogP contribution is 2.45. The molecule has 0 aromatic carbocycles. The molecule has 1 spiro atoms. The van der Waals surface area contributed by atoms with Crippen LogP contribution in [0.5, 0.6) is 0 Å². The lowest BCUT2D eigenvalue weighted by atomic mass is 9.68. The van der Waals surface area contributed by atoms with Gasteiger partial charge in [-0.2, -0.15) is 0 Å². The molecule has 1 N–H and O–H groups in total. The van der Waals surface area contributed by atoms with Crippen LogP contribution in [-0.2, 0) is 0 Å². The van der Waals surface area contributed by atoms with Crippen molar-refractivity contribution in [1.82, 2.24) is 5.32 Å². The predicted molar refractivity (Wildman–Crippen MR) is 125 cm³/mol. The Morgan fingerprint density at radius 3 is 2.46 bits per heavy atom. The van der Waals surface area contributed by atoms with Crippen molar-refractivity contribution in [2.45, 2.75) is 98.3 Å². The van der Waals surface area contributed by atoms with Gasteiger partial charge in [0.15, 0.2) is 0 Å². The van der Waals surface area contributed by atoms with Gasteiger partial charge in [0.05, 0.1) is 0 Å². The van der Waals surface area contributed by atoms with Gasteiger partial charge in [-0.05, 0) is 73.8 Å². The Morgan fingerprint density at radius 1 is 1.18 bits per heavy atom. The molecule has 1 saturated carbocycles. The van der Waals surface area contributed by atoms with Crippen molar-refractivity contribution >= 4 is 5.71 Å². The van der Waals surface area contributed by atoms with Crippen LogP contribution in [0.4, 0.5) is 0 Å². The second-order valence-corrected chi connectivity index (χ2v) is 10.2. The van der Waals surface area contributed by atoms with Crippen molar-refractivity contribution in [3.05, 3.63) is 35.6 Å². The van der Waals surface area contributed by atoms with Gasteiger partial charge in [-0.3, -0.25) is 4.99 Å². The first kappa shape index (κ1) is 23.0. The van der Waals surface area contributed by atoms with E-state index in [0.717, 1.165) is 37.9 Å². The van der Waals surface area contributed by atoms with Crippen molar-refractivity contribution in [3.63, 3.8) is 0 Å². The lowest BCUT2D eigenvalue weighted by molar-refractivity contribution is 0.190. The highest BCUT2D eigenvalue weighted by molar-refractivity contribution is 6.01. The number of allylic oxidation sites excluding steroid dienone is 3. The Balaban J connectivity index is 2.18.